The van der Waals surface area contributed by atoms with E-state index < -0.39 is 23.9 Å². The normalized spacial score (nSPS) is 10.6. The third-order valence-corrected chi connectivity index (χ3v) is 3.25. The molecule has 0 bridgehead atoms. The van der Waals surface area contributed by atoms with Gasteiger partial charge in [-0.15, -0.1) is 0 Å². The number of ether oxygens (including phenoxy) is 3. The van der Waals surface area contributed by atoms with Crippen LogP contribution >= 0.6 is 0 Å². The second-order valence-electron chi connectivity index (χ2n) is 5.10. The molecule has 1 aromatic carbocycles. The van der Waals surface area contributed by atoms with Gasteiger partial charge in [-0.3, -0.25) is 9.69 Å². The summed E-state index contributed by atoms with van der Waals surface area (Å²) in [6, 6.07) is 7.87. The van der Waals surface area contributed by atoms with Crippen LogP contribution in [0.3, 0.4) is 0 Å². The maximum Gasteiger partial charge on any atom is 0.335 e. The number of rotatable bonds is 10. The smallest absolute Gasteiger partial charge is 0.335 e. The van der Waals surface area contributed by atoms with Crippen molar-refractivity contribution in [3.63, 3.8) is 0 Å². The first-order chi connectivity index (χ1) is 12.0. The molecule has 0 aliphatic carbocycles. The van der Waals surface area contributed by atoms with Crippen molar-refractivity contribution in [1.29, 1.82) is 0 Å². The molecule has 0 amide bonds. The largest absolute Gasteiger partial charge is 0.465 e. The van der Waals surface area contributed by atoms with E-state index >= 15 is 0 Å². The zero-order valence-electron chi connectivity index (χ0n) is 14.9. The van der Waals surface area contributed by atoms with Crippen LogP contribution in [-0.2, 0) is 35.1 Å². The summed E-state index contributed by atoms with van der Waals surface area (Å²) >= 11 is 0. The molecule has 7 heteroatoms. The van der Waals surface area contributed by atoms with Gasteiger partial charge in [0.1, 0.15) is 0 Å². The molecule has 1 aromatic rings. The van der Waals surface area contributed by atoms with E-state index in [4.69, 9.17) is 14.2 Å². The average Bonchev–Trinajstić information content (AvgIpc) is 2.56. The van der Waals surface area contributed by atoms with Crippen LogP contribution in [0.4, 0.5) is 0 Å². The van der Waals surface area contributed by atoms with Crippen LogP contribution in [0, 0.1) is 0 Å². The van der Waals surface area contributed by atoms with Gasteiger partial charge in [0.15, 0.2) is 0 Å². The van der Waals surface area contributed by atoms with Gasteiger partial charge in [-0.25, -0.2) is 9.59 Å². The molecule has 0 aliphatic heterocycles. The Balaban J connectivity index is 3.09. The van der Waals surface area contributed by atoms with E-state index in [9.17, 15) is 14.4 Å². The standard InChI is InChI=1S/C18H25NO6/c1-4-23-15(20)13-19(12-14-10-8-7-9-11-14)16(17(21)24-5-2)18(22)25-6-3/h7-11,16H,4-6,12-13H2,1-3H3. The van der Waals surface area contributed by atoms with Crippen LogP contribution < -0.4 is 0 Å². The Morgan fingerprint density at radius 2 is 1.40 bits per heavy atom. The Labute approximate surface area is 147 Å². The molecule has 0 saturated carbocycles. The number of carbonyl (C=O) groups is 3. The summed E-state index contributed by atoms with van der Waals surface area (Å²) in [7, 11) is 0. The monoisotopic (exact) mass is 351 g/mol. The zero-order chi connectivity index (χ0) is 18.7. The molecule has 0 N–H and O–H groups in total. The third-order valence-electron chi connectivity index (χ3n) is 3.25. The predicted octanol–water partition coefficient (Wildman–Crippen LogP) is 1.55. The van der Waals surface area contributed by atoms with Gasteiger partial charge in [-0.1, -0.05) is 30.3 Å². The molecule has 0 aromatic heterocycles. The first kappa shape index (κ1) is 20.6. The van der Waals surface area contributed by atoms with Gasteiger partial charge in [0.25, 0.3) is 0 Å². The Morgan fingerprint density at radius 3 is 1.88 bits per heavy atom. The molecule has 0 aliphatic rings. The van der Waals surface area contributed by atoms with Crippen LogP contribution in [0.5, 0.6) is 0 Å². The van der Waals surface area contributed by atoms with Crippen molar-refractivity contribution in [3.05, 3.63) is 35.9 Å². The summed E-state index contributed by atoms with van der Waals surface area (Å²) in [4.78, 5) is 38.0. The van der Waals surface area contributed by atoms with Crippen LogP contribution in [0.25, 0.3) is 0 Å². The fourth-order valence-electron chi connectivity index (χ4n) is 2.27. The fourth-order valence-corrected chi connectivity index (χ4v) is 2.27. The minimum absolute atomic E-state index is 0.118. The molecular formula is C18H25NO6. The van der Waals surface area contributed by atoms with Crippen molar-refractivity contribution in [2.45, 2.75) is 33.4 Å². The Morgan fingerprint density at radius 1 is 0.880 bits per heavy atom. The summed E-state index contributed by atoms with van der Waals surface area (Å²) < 4.78 is 15.0. The van der Waals surface area contributed by atoms with Gasteiger partial charge in [-0.2, -0.15) is 0 Å². The van der Waals surface area contributed by atoms with Crippen molar-refractivity contribution in [1.82, 2.24) is 4.90 Å². The summed E-state index contributed by atoms with van der Waals surface area (Å²) in [5.41, 5.74) is 0.838. The van der Waals surface area contributed by atoms with E-state index in [0.29, 0.717) is 0 Å². The highest BCUT2D eigenvalue weighted by molar-refractivity contribution is 5.99. The van der Waals surface area contributed by atoms with Gasteiger partial charge in [-0.05, 0) is 26.3 Å². The topological polar surface area (TPSA) is 82.1 Å². The summed E-state index contributed by atoms with van der Waals surface area (Å²) in [6.07, 6.45) is 0. The highest BCUT2D eigenvalue weighted by atomic mass is 16.6. The second kappa shape index (κ2) is 11.2. The van der Waals surface area contributed by atoms with Crippen LogP contribution in [0.2, 0.25) is 0 Å². The molecule has 0 atom stereocenters. The molecule has 0 saturated heterocycles. The van der Waals surface area contributed by atoms with E-state index in [0.717, 1.165) is 5.56 Å². The molecular weight excluding hydrogens is 326 g/mol. The van der Waals surface area contributed by atoms with E-state index in [1.54, 1.807) is 20.8 Å². The molecule has 1 rings (SSSR count). The fraction of sp³-hybridized carbons (Fsp3) is 0.500. The molecule has 25 heavy (non-hydrogen) atoms. The predicted molar refractivity (Wildman–Crippen MR) is 90.5 cm³/mol. The number of carbonyl (C=O) groups excluding carboxylic acids is 3. The van der Waals surface area contributed by atoms with Crippen LogP contribution in [0.15, 0.2) is 30.3 Å². The number of hydrogen-bond donors (Lipinski definition) is 0. The third kappa shape index (κ3) is 6.93. The highest BCUT2D eigenvalue weighted by Crippen LogP contribution is 2.12. The van der Waals surface area contributed by atoms with E-state index in [1.807, 2.05) is 30.3 Å². The summed E-state index contributed by atoms with van der Waals surface area (Å²) in [5, 5.41) is 0. The lowest BCUT2D eigenvalue weighted by molar-refractivity contribution is -0.165. The summed E-state index contributed by atoms with van der Waals surface area (Å²) in [5.74, 6) is -2.03. The Hall–Kier alpha value is -2.41. The van der Waals surface area contributed by atoms with Gasteiger partial charge < -0.3 is 14.2 Å². The van der Waals surface area contributed by atoms with Gasteiger partial charge in [0.2, 0.25) is 6.04 Å². The molecule has 7 nitrogen and oxygen atoms in total. The lowest BCUT2D eigenvalue weighted by Gasteiger charge is -2.27. The van der Waals surface area contributed by atoms with Crippen LogP contribution in [0.1, 0.15) is 26.3 Å². The lowest BCUT2D eigenvalue weighted by atomic mass is 10.1. The molecule has 0 unspecified atom stereocenters. The van der Waals surface area contributed by atoms with Crippen molar-refractivity contribution < 1.29 is 28.6 Å². The molecule has 0 fully saturated rings. The van der Waals surface area contributed by atoms with Crippen molar-refractivity contribution in [3.8, 4) is 0 Å². The first-order valence-corrected chi connectivity index (χ1v) is 8.30. The Bertz CT molecular complexity index is 542. The second-order valence-corrected chi connectivity index (χ2v) is 5.10. The zero-order valence-corrected chi connectivity index (χ0v) is 14.9. The van der Waals surface area contributed by atoms with Crippen molar-refractivity contribution in [2.24, 2.45) is 0 Å². The average molecular weight is 351 g/mol. The minimum Gasteiger partial charge on any atom is -0.465 e. The highest BCUT2D eigenvalue weighted by Gasteiger charge is 2.37. The van der Waals surface area contributed by atoms with Crippen molar-refractivity contribution in [2.75, 3.05) is 26.4 Å². The lowest BCUT2D eigenvalue weighted by Crippen LogP contribution is -2.50. The maximum absolute atomic E-state index is 12.3. The number of benzene rings is 1. The maximum atomic E-state index is 12.3. The Kier molecular flexibility index (Phi) is 9.24. The summed E-state index contributed by atoms with van der Waals surface area (Å²) in [6.45, 7) is 5.39. The first-order valence-electron chi connectivity index (χ1n) is 8.30. The van der Waals surface area contributed by atoms with E-state index in [2.05, 4.69) is 0 Å². The number of hydrogen-bond acceptors (Lipinski definition) is 7. The van der Waals surface area contributed by atoms with E-state index in [-0.39, 0.29) is 32.9 Å². The van der Waals surface area contributed by atoms with Crippen LogP contribution in [-0.4, -0.2) is 55.2 Å². The molecule has 0 radical (unpaired) electrons. The number of nitrogens with zero attached hydrogens (tertiary/aromatic N) is 1. The molecule has 0 spiro atoms. The van der Waals surface area contributed by atoms with Crippen molar-refractivity contribution >= 4 is 17.9 Å². The minimum atomic E-state index is -1.33. The quantitative estimate of drug-likeness (QED) is 0.359. The van der Waals surface area contributed by atoms with E-state index in [1.165, 1.54) is 4.90 Å². The van der Waals surface area contributed by atoms with Gasteiger partial charge in [0, 0.05) is 6.54 Å². The van der Waals surface area contributed by atoms with Gasteiger partial charge in [0.05, 0.1) is 26.4 Å². The molecule has 138 valence electrons. The number of esters is 3. The van der Waals surface area contributed by atoms with Gasteiger partial charge >= 0.3 is 17.9 Å². The SMILES string of the molecule is CCOC(=O)CN(Cc1ccccc1)C(C(=O)OCC)C(=O)OCC. The molecule has 0 heterocycles.